The van der Waals surface area contributed by atoms with Crippen LogP contribution in [0.3, 0.4) is 0 Å². The van der Waals surface area contributed by atoms with Gasteiger partial charge in [0.2, 0.25) is 5.89 Å². The molecule has 0 fully saturated rings. The van der Waals surface area contributed by atoms with Gasteiger partial charge in [-0.15, -0.1) is 21.8 Å². The van der Waals surface area contributed by atoms with Crippen molar-refractivity contribution in [2.45, 2.75) is 39.2 Å². The molecule has 1 aromatic heterocycles. The normalized spacial score (nSPS) is 11.6. The summed E-state index contributed by atoms with van der Waals surface area (Å²) in [6, 6.07) is 8.05. The lowest BCUT2D eigenvalue weighted by Crippen LogP contribution is -2.10. The number of hydrogen-bond donors (Lipinski definition) is 0. The molecule has 1 aromatic carbocycles. The average Bonchev–Trinajstić information content (AvgIpc) is 2.84. The predicted molar refractivity (Wildman–Crippen MR) is 78.2 cm³/mol. The molecular formula is C15H19ClN2O2. The molecule has 1 heterocycles. The Morgan fingerprint density at radius 2 is 1.75 bits per heavy atom. The van der Waals surface area contributed by atoms with Gasteiger partial charge in [-0.05, 0) is 23.1 Å². The first kappa shape index (κ1) is 14.9. The van der Waals surface area contributed by atoms with Crippen LogP contribution in [0, 0.1) is 0 Å². The van der Waals surface area contributed by atoms with Crippen molar-refractivity contribution < 1.29 is 9.15 Å². The summed E-state index contributed by atoms with van der Waals surface area (Å²) in [5, 5.41) is 7.79. The molecule has 0 aliphatic heterocycles. The molecule has 0 aliphatic carbocycles. The highest BCUT2D eigenvalue weighted by atomic mass is 35.5. The number of halogens is 1. The van der Waals surface area contributed by atoms with Crippen LogP contribution in [0.1, 0.15) is 38.1 Å². The molecule has 0 aliphatic rings. The number of aryl methyl sites for hydroxylation is 1. The molecule has 2 rings (SSSR count). The van der Waals surface area contributed by atoms with Gasteiger partial charge in [-0.25, -0.2) is 0 Å². The fourth-order valence-electron chi connectivity index (χ4n) is 1.72. The van der Waals surface area contributed by atoms with E-state index in [9.17, 15) is 0 Å². The summed E-state index contributed by atoms with van der Waals surface area (Å²) in [6.07, 6.45) is 0.578. The Hall–Kier alpha value is -1.55. The number of benzene rings is 1. The molecule has 0 bridgehead atoms. The van der Waals surface area contributed by atoms with E-state index in [1.807, 2.05) is 12.1 Å². The zero-order chi connectivity index (χ0) is 14.6. The lowest BCUT2D eigenvalue weighted by Gasteiger charge is -2.19. The molecule has 0 spiro atoms. The number of aromatic nitrogens is 2. The SMILES string of the molecule is CC(C)(C)c1ccc(OCc2nnc(CCCl)o2)cc1. The van der Waals surface area contributed by atoms with E-state index >= 15 is 0 Å². The van der Waals surface area contributed by atoms with Crippen LogP contribution in [0.4, 0.5) is 0 Å². The summed E-state index contributed by atoms with van der Waals surface area (Å²) in [7, 11) is 0. The molecule has 4 nitrogen and oxygen atoms in total. The third kappa shape index (κ3) is 3.97. The van der Waals surface area contributed by atoms with E-state index in [-0.39, 0.29) is 12.0 Å². The molecule has 0 radical (unpaired) electrons. The molecule has 0 amide bonds. The monoisotopic (exact) mass is 294 g/mol. The van der Waals surface area contributed by atoms with Crippen molar-refractivity contribution in [1.82, 2.24) is 10.2 Å². The molecule has 0 unspecified atom stereocenters. The maximum atomic E-state index is 5.62. The van der Waals surface area contributed by atoms with E-state index in [2.05, 4.69) is 43.1 Å². The van der Waals surface area contributed by atoms with Crippen LogP contribution in [0.25, 0.3) is 0 Å². The van der Waals surface area contributed by atoms with Crippen LogP contribution in [-0.4, -0.2) is 16.1 Å². The lowest BCUT2D eigenvalue weighted by molar-refractivity contribution is 0.259. The van der Waals surface area contributed by atoms with E-state index in [1.54, 1.807) is 0 Å². The van der Waals surface area contributed by atoms with Crippen molar-refractivity contribution in [2.24, 2.45) is 0 Å². The minimum atomic E-state index is 0.140. The molecule has 0 saturated heterocycles. The van der Waals surface area contributed by atoms with Gasteiger partial charge >= 0.3 is 0 Å². The van der Waals surface area contributed by atoms with Crippen LogP contribution in [0.5, 0.6) is 5.75 Å². The quantitative estimate of drug-likeness (QED) is 0.788. The smallest absolute Gasteiger partial charge is 0.253 e. The Morgan fingerprint density at radius 3 is 2.35 bits per heavy atom. The molecular weight excluding hydrogens is 276 g/mol. The summed E-state index contributed by atoms with van der Waals surface area (Å²) in [5.74, 6) is 2.26. The van der Waals surface area contributed by atoms with E-state index in [1.165, 1.54) is 5.56 Å². The average molecular weight is 295 g/mol. The highest BCUT2D eigenvalue weighted by Crippen LogP contribution is 2.24. The predicted octanol–water partition coefficient (Wildman–Crippen LogP) is 3.73. The Kier molecular flexibility index (Phi) is 4.65. The number of rotatable bonds is 5. The van der Waals surface area contributed by atoms with Crippen molar-refractivity contribution in [3.05, 3.63) is 41.6 Å². The van der Waals surface area contributed by atoms with Crippen molar-refractivity contribution in [2.75, 3.05) is 5.88 Å². The van der Waals surface area contributed by atoms with Gasteiger partial charge in [0.1, 0.15) is 5.75 Å². The Balaban J connectivity index is 1.93. The van der Waals surface area contributed by atoms with Gasteiger partial charge in [-0.3, -0.25) is 0 Å². The Morgan fingerprint density at radius 1 is 1.10 bits per heavy atom. The third-order valence-corrected chi connectivity index (χ3v) is 3.09. The summed E-state index contributed by atoms with van der Waals surface area (Å²) in [4.78, 5) is 0. The van der Waals surface area contributed by atoms with Gasteiger partial charge in [-0.1, -0.05) is 32.9 Å². The topological polar surface area (TPSA) is 48.2 Å². The van der Waals surface area contributed by atoms with Crippen LogP contribution >= 0.6 is 11.6 Å². The molecule has 108 valence electrons. The van der Waals surface area contributed by atoms with Crippen molar-refractivity contribution in [3.8, 4) is 5.75 Å². The largest absolute Gasteiger partial charge is 0.484 e. The van der Waals surface area contributed by atoms with Gasteiger partial charge < -0.3 is 9.15 Å². The van der Waals surface area contributed by atoms with Crippen molar-refractivity contribution in [3.63, 3.8) is 0 Å². The first-order chi connectivity index (χ1) is 9.49. The minimum Gasteiger partial charge on any atom is -0.484 e. The maximum Gasteiger partial charge on any atom is 0.253 e. The molecule has 0 saturated carbocycles. The third-order valence-electron chi connectivity index (χ3n) is 2.90. The van der Waals surface area contributed by atoms with Gasteiger partial charge in [0.05, 0.1) is 0 Å². The van der Waals surface area contributed by atoms with E-state index < -0.39 is 0 Å². The van der Waals surface area contributed by atoms with Gasteiger partial charge in [-0.2, -0.15) is 0 Å². The Bertz CT molecular complexity index is 544. The van der Waals surface area contributed by atoms with Crippen LogP contribution in [-0.2, 0) is 18.4 Å². The van der Waals surface area contributed by atoms with Gasteiger partial charge in [0, 0.05) is 12.3 Å². The first-order valence-corrected chi connectivity index (χ1v) is 7.13. The number of alkyl halides is 1. The molecule has 2 aromatic rings. The molecule has 0 N–H and O–H groups in total. The van der Waals surface area contributed by atoms with Crippen LogP contribution < -0.4 is 4.74 Å². The zero-order valence-corrected chi connectivity index (χ0v) is 12.8. The fraction of sp³-hybridized carbons (Fsp3) is 0.467. The summed E-state index contributed by atoms with van der Waals surface area (Å²) >= 11 is 5.61. The van der Waals surface area contributed by atoms with Crippen molar-refractivity contribution >= 4 is 11.6 Å². The standard InChI is InChI=1S/C15H19ClN2O2/c1-15(2,3)11-4-6-12(7-5-11)19-10-14-18-17-13(20-14)8-9-16/h4-7H,8-10H2,1-3H3. The first-order valence-electron chi connectivity index (χ1n) is 6.59. The Labute approximate surface area is 124 Å². The second-order valence-corrected chi connectivity index (χ2v) is 5.97. The summed E-state index contributed by atoms with van der Waals surface area (Å²) in [6.45, 7) is 6.81. The number of hydrogen-bond acceptors (Lipinski definition) is 4. The molecule has 20 heavy (non-hydrogen) atoms. The van der Waals surface area contributed by atoms with Crippen molar-refractivity contribution in [1.29, 1.82) is 0 Å². The van der Waals surface area contributed by atoms with E-state index in [0.717, 1.165) is 5.75 Å². The van der Waals surface area contributed by atoms with Crippen LogP contribution in [0.2, 0.25) is 0 Å². The maximum absolute atomic E-state index is 5.62. The summed E-state index contributed by atoms with van der Waals surface area (Å²) in [5.41, 5.74) is 1.41. The highest BCUT2D eigenvalue weighted by molar-refractivity contribution is 6.17. The summed E-state index contributed by atoms with van der Waals surface area (Å²) < 4.78 is 11.0. The van der Waals surface area contributed by atoms with E-state index in [4.69, 9.17) is 20.8 Å². The lowest BCUT2D eigenvalue weighted by atomic mass is 9.87. The minimum absolute atomic E-state index is 0.140. The number of nitrogens with zero attached hydrogens (tertiary/aromatic N) is 2. The fourth-order valence-corrected chi connectivity index (χ4v) is 1.89. The van der Waals surface area contributed by atoms with E-state index in [0.29, 0.717) is 24.1 Å². The molecule has 5 heteroatoms. The van der Waals surface area contributed by atoms with Crippen LogP contribution in [0.15, 0.2) is 28.7 Å². The second kappa shape index (κ2) is 6.27. The number of ether oxygens (including phenoxy) is 1. The molecule has 0 atom stereocenters. The zero-order valence-electron chi connectivity index (χ0n) is 12.0. The van der Waals surface area contributed by atoms with Gasteiger partial charge in [0.15, 0.2) is 6.61 Å². The highest BCUT2D eigenvalue weighted by Gasteiger charge is 2.13. The van der Waals surface area contributed by atoms with Gasteiger partial charge in [0.25, 0.3) is 5.89 Å². The second-order valence-electron chi connectivity index (χ2n) is 5.59.